The van der Waals surface area contributed by atoms with Crippen LogP contribution in [0.5, 0.6) is 0 Å². The van der Waals surface area contributed by atoms with Crippen LogP contribution in [0.4, 0.5) is 0 Å². The third-order valence-electron chi connectivity index (χ3n) is 4.44. The van der Waals surface area contributed by atoms with Crippen LogP contribution in [0.1, 0.15) is 50.5 Å². The third kappa shape index (κ3) is 12.2. The lowest BCUT2D eigenvalue weighted by molar-refractivity contribution is -0.164. The molecule has 1 aliphatic rings. The van der Waals surface area contributed by atoms with Gasteiger partial charge in [-0.05, 0) is 50.5 Å². The van der Waals surface area contributed by atoms with Gasteiger partial charge >= 0.3 is 0 Å². The van der Waals surface area contributed by atoms with E-state index >= 15 is 0 Å². The van der Waals surface area contributed by atoms with Gasteiger partial charge in [-0.15, -0.1) is 0 Å². The number of hydrogen-bond acceptors (Lipinski definition) is 5. The molecule has 1 atom stereocenters. The second kappa shape index (κ2) is 16.0. The van der Waals surface area contributed by atoms with E-state index in [1.165, 1.54) is 12.0 Å². The van der Waals surface area contributed by atoms with Gasteiger partial charge < -0.3 is 23.7 Å². The van der Waals surface area contributed by atoms with E-state index in [1.54, 1.807) is 0 Å². The van der Waals surface area contributed by atoms with Crippen LogP contribution in [0.25, 0.3) is 0 Å². The highest BCUT2D eigenvalue weighted by atomic mass is 16.7. The summed E-state index contributed by atoms with van der Waals surface area (Å²) in [5, 5.41) is 0. The van der Waals surface area contributed by atoms with Crippen molar-refractivity contribution in [1.82, 2.24) is 0 Å². The van der Waals surface area contributed by atoms with E-state index in [9.17, 15) is 0 Å². The summed E-state index contributed by atoms with van der Waals surface area (Å²) < 4.78 is 28.0. The van der Waals surface area contributed by atoms with Gasteiger partial charge in [-0.25, -0.2) is 0 Å². The number of ether oxygens (including phenoxy) is 5. The Morgan fingerprint density at radius 3 is 2.22 bits per heavy atom. The van der Waals surface area contributed by atoms with Crippen molar-refractivity contribution in [2.75, 3.05) is 46.2 Å². The van der Waals surface area contributed by atoms with Crippen LogP contribution in [0, 0.1) is 0 Å². The quantitative estimate of drug-likeness (QED) is 0.399. The summed E-state index contributed by atoms with van der Waals surface area (Å²) in [5.41, 5.74) is 1.23. The number of unbranched alkanes of at least 4 members (excludes halogenated alkanes) is 2. The third-order valence-corrected chi connectivity index (χ3v) is 4.44. The Morgan fingerprint density at radius 2 is 1.48 bits per heavy atom. The van der Waals surface area contributed by atoms with Gasteiger partial charge in [-0.1, -0.05) is 30.3 Å². The van der Waals surface area contributed by atoms with Crippen LogP contribution in [-0.2, 0) is 30.3 Å². The lowest BCUT2D eigenvalue weighted by Gasteiger charge is -2.22. The monoisotopic (exact) mass is 380 g/mol. The van der Waals surface area contributed by atoms with E-state index in [2.05, 4.69) is 12.1 Å². The van der Waals surface area contributed by atoms with E-state index in [0.29, 0.717) is 26.4 Å². The van der Waals surface area contributed by atoms with Crippen LogP contribution >= 0.6 is 0 Å². The zero-order valence-electron chi connectivity index (χ0n) is 16.6. The number of hydrogen-bond donors (Lipinski definition) is 0. The summed E-state index contributed by atoms with van der Waals surface area (Å²) in [5.74, 6) is 0. The maximum Gasteiger partial charge on any atom is 0.157 e. The van der Waals surface area contributed by atoms with Gasteiger partial charge in [0.25, 0.3) is 0 Å². The van der Waals surface area contributed by atoms with Crippen LogP contribution in [-0.4, -0.2) is 52.5 Å². The molecule has 0 aliphatic carbocycles. The van der Waals surface area contributed by atoms with Crippen molar-refractivity contribution in [2.45, 2.75) is 57.8 Å². The molecule has 0 spiro atoms. The van der Waals surface area contributed by atoms with E-state index in [-0.39, 0.29) is 6.29 Å². The minimum Gasteiger partial charge on any atom is -0.379 e. The molecule has 1 saturated heterocycles. The normalized spacial score (nSPS) is 17.3. The van der Waals surface area contributed by atoms with Gasteiger partial charge in [0.1, 0.15) is 0 Å². The fourth-order valence-electron chi connectivity index (χ4n) is 2.89. The molecular formula is C22H36O5. The molecule has 1 unspecified atom stereocenters. The fourth-order valence-corrected chi connectivity index (χ4v) is 2.89. The molecule has 1 fully saturated rings. The molecular weight excluding hydrogens is 344 g/mol. The van der Waals surface area contributed by atoms with E-state index in [0.717, 1.165) is 65.0 Å². The Kier molecular flexibility index (Phi) is 13.2. The minimum absolute atomic E-state index is 0.00539. The summed E-state index contributed by atoms with van der Waals surface area (Å²) in [6.45, 7) is 5.88. The highest BCUT2D eigenvalue weighted by Crippen LogP contribution is 2.13. The highest BCUT2D eigenvalue weighted by Gasteiger charge is 2.13. The molecule has 1 aromatic carbocycles. The predicted molar refractivity (Wildman–Crippen MR) is 106 cm³/mol. The Morgan fingerprint density at radius 1 is 0.741 bits per heavy atom. The zero-order valence-corrected chi connectivity index (χ0v) is 16.6. The lowest BCUT2D eigenvalue weighted by Crippen LogP contribution is -2.23. The first-order chi connectivity index (χ1) is 13.4. The molecule has 1 heterocycles. The van der Waals surface area contributed by atoms with Crippen molar-refractivity contribution in [3.8, 4) is 0 Å². The highest BCUT2D eigenvalue weighted by molar-refractivity contribution is 5.13. The van der Waals surface area contributed by atoms with Crippen molar-refractivity contribution < 1.29 is 23.7 Å². The first kappa shape index (κ1) is 22.3. The number of benzene rings is 1. The van der Waals surface area contributed by atoms with Crippen molar-refractivity contribution in [3.63, 3.8) is 0 Å². The summed E-state index contributed by atoms with van der Waals surface area (Å²) in [6.07, 6.45) is 7.59. The largest absolute Gasteiger partial charge is 0.379 e. The summed E-state index contributed by atoms with van der Waals surface area (Å²) >= 11 is 0. The molecule has 0 aromatic heterocycles. The average Bonchev–Trinajstić information content (AvgIpc) is 2.72. The van der Waals surface area contributed by atoms with Gasteiger partial charge in [0.05, 0.1) is 26.4 Å². The SMILES string of the molecule is c1ccc(COCCCCCOCCOCCCOC2CCCCO2)cc1. The Balaban J connectivity index is 1.24. The molecule has 2 rings (SSSR count). The predicted octanol–water partition coefficient (Wildman–Crippen LogP) is 4.34. The van der Waals surface area contributed by atoms with Crippen LogP contribution in [0.2, 0.25) is 0 Å². The summed E-state index contributed by atoms with van der Waals surface area (Å²) in [6, 6.07) is 10.3. The topological polar surface area (TPSA) is 46.2 Å². The van der Waals surface area contributed by atoms with Crippen molar-refractivity contribution >= 4 is 0 Å². The molecule has 0 bridgehead atoms. The van der Waals surface area contributed by atoms with Crippen molar-refractivity contribution in [3.05, 3.63) is 35.9 Å². The van der Waals surface area contributed by atoms with E-state index in [4.69, 9.17) is 23.7 Å². The zero-order chi connectivity index (χ0) is 18.8. The second-order valence-electron chi connectivity index (χ2n) is 6.84. The summed E-state index contributed by atoms with van der Waals surface area (Å²) in [4.78, 5) is 0. The molecule has 0 amide bonds. The number of rotatable bonds is 16. The summed E-state index contributed by atoms with van der Waals surface area (Å²) in [7, 11) is 0. The first-order valence-corrected chi connectivity index (χ1v) is 10.5. The Labute approximate surface area is 164 Å². The van der Waals surface area contributed by atoms with Gasteiger partial charge in [0.15, 0.2) is 6.29 Å². The molecule has 0 radical (unpaired) electrons. The molecule has 1 aliphatic heterocycles. The lowest BCUT2D eigenvalue weighted by atomic mass is 10.2. The Bertz CT molecular complexity index is 434. The smallest absolute Gasteiger partial charge is 0.157 e. The fraction of sp³-hybridized carbons (Fsp3) is 0.727. The van der Waals surface area contributed by atoms with Crippen LogP contribution in [0.15, 0.2) is 30.3 Å². The molecule has 27 heavy (non-hydrogen) atoms. The van der Waals surface area contributed by atoms with Gasteiger partial charge in [0, 0.05) is 26.4 Å². The average molecular weight is 381 g/mol. The standard InChI is InChI=1S/C22H36O5/c1-3-10-21(11-4-1)20-25-14-7-2-6-13-23-18-19-24-15-9-17-27-22-12-5-8-16-26-22/h1,3-4,10-11,22H,2,5-9,12-20H2. The molecule has 0 N–H and O–H groups in total. The molecule has 5 nitrogen and oxygen atoms in total. The van der Waals surface area contributed by atoms with Crippen LogP contribution < -0.4 is 0 Å². The van der Waals surface area contributed by atoms with Crippen LogP contribution in [0.3, 0.4) is 0 Å². The minimum atomic E-state index is 0.00539. The molecule has 154 valence electrons. The maximum absolute atomic E-state index is 5.67. The van der Waals surface area contributed by atoms with E-state index < -0.39 is 0 Å². The van der Waals surface area contributed by atoms with Gasteiger partial charge in [-0.2, -0.15) is 0 Å². The van der Waals surface area contributed by atoms with E-state index in [1.807, 2.05) is 18.2 Å². The van der Waals surface area contributed by atoms with Gasteiger partial charge in [-0.3, -0.25) is 0 Å². The molecule has 5 heteroatoms. The molecule has 1 aromatic rings. The van der Waals surface area contributed by atoms with Gasteiger partial charge in [0.2, 0.25) is 0 Å². The first-order valence-electron chi connectivity index (χ1n) is 10.5. The Hall–Kier alpha value is -0.980. The van der Waals surface area contributed by atoms with Crippen molar-refractivity contribution in [1.29, 1.82) is 0 Å². The molecule has 0 saturated carbocycles. The second-order valence-corrected chi connectivity index (χ2v) is 6.84. The maximum atomic E-state index is 5.67. The van der Waals surface area contributed by atoms with Crippen molar-refractivity contribution in [2.24, 2.45) is 0 Å².